The van der Waals surface area contributed by atoms with Crippen molar-refractivity contribution in [3.8, 4) is 0 Å². The predicted octanol–water partition coefficient (Wildman–Crippen LogP) is 4.35. The van der Waals surface area contributed by atoms with Gasteiger partial charge in [-0.15, -0.1) is 0 Å². The lowest BCUT2D eigenvalue weighted by Crippen LogP contribution is -2.31. The van der Waals surface area contributed by atoms with E-state index in [1.807, 2.05) is 6.20 Å². The molecule has 0 aromatic rings. The maximum atomic E-state index is 6.00. The van der Waals surface area contributed by atoms with Crippen LogP contribution in [0.3, 0.4) is 0 Å². The highest BCUT2D eigenvalue weighted by molar-refractivity contribution is 5.18. The largest absolute Gasteiger partial charge is 0.318 e. The predicted molar refractivity (Wildman–Crippen MR) is 81.9 cm³/mol. The highest BCUT2D eigenvalue weighted by atomic mass is 15.4. The topological polar surface area (TPSA) is 29.3 Å². The second-order valence-electron chi connectivity index (χ2n) is 6.83. The first kappa shape index (κ1) is 17.2. The van der Waals surface area contributed by atoms with Gasteiger partial charge in [0.25, 0.3) is 0 Å². The first-order chi connectivity index (χ1) is 8.15. The molecule has 0 aliphatic carbocycles. The smallest absolute Gasteiger partial charge is 0.0363 e. The van der Waals surface area contributed by atoms with E-state index in [9.17, 15) is 0 Å². The van der Waals surface area contributed by atoms with Crippen LogP contribution >= 0.6 is 0 Å². The minimum absolute atomic E-state index is 0.316. The van der Waals surface area contributed by atoms with Crippen molar-refractivity contribution in [2.24, 2.45) is 23.1 Å². The van der Waals surface area contributed by atoms with E-state index in [2.05, 4.69) is 60.6 Å². The molecule has 0 heterocycles. The molecule has 0 aromatic carbocycles. The van der Waals surface area contributed by atoms with Crippen molar-refractivity contribution in [1.29, 1.82) is 0 Å². The number of nitrogens with zero attached hydrogens (tertiary/aromatic N) is 1. The van der Waals surface area contributed by atoms with E-state index >= 15 is 0 Å². The van der Waals surface area contributed by atoms with Gasteiger partial charge in [0.2, 0.25) is 0 Å². The van der Waals surface area contributed by atoms with Crippen molar-refractivity contribution in [1.82, 2.24) is 5.01 Å². The van der Waals surface area contributed by atoms with E-state index in [0.29, 0.717) is 17.3 Å². The summed E-state index contributed by atoms with van der Waals surface area (Å²) in [6, 6.07) is 0. The Kier molecular flexibility index (Phi) is 7.30. The van der Waals surface area contributed by atoms with Gasteiger partial charge in [0.15, 0.2) is 0 Å². The quantitative estimate of drug-likeness (QED) is 0.432. The summed E-state index contributed by atoms with van der Waals surface area (Å²) in [4.78, 5) is 0. The SMILES string of the molecule is C/C=C(\C=C/N(N)CC(C)C(C)C)CC(C)(C)C. The van der Waals surface area contributed by atoms with Crippen LogP contribution in [0.25, 0.3) is 0 Å². The van der Waals surface area contributed by atoms with Gasteiger partial charge in [-0.3, -0.25) is 0 Å². The van der Waals surface area contributed by atoms with Crippen molar-refractivity contribution in [2.45, 2.75) is 54.9 Å². The van der Waals surface area contributed by atoms with Crippen LogP contribution in [0.15, 0.2) is 23.9 Å². The number of hydrazine groups is 1. The summed E-state index contributed by atoms with van der Waals surface area (Å²) in [6.07, 6.45) is 7.38. The van der Waals surface area contributed by atoms with Crippen LogP contribution < -0.4 is 5.84 Å². The summed E-state index contributed by atoms with van der Waals surface area (Å²) in [5.41, 5.74) is 1.66. The third-order valence-corrected chi connectivity index (χ3v) is 3.22. The maximum Gasteiger partial charge on any atom is 0.0363 e. The van der Waals surface area contributed by atoms with Crippen molar-refractivity contribution in [2.75, 3.05) is 6.54 Å². The molecule has 0 fully saturated rings. The van der Waals surface area contributed by atoms with Crippen molar-refractivity contribution < 1.29 is 0 Å². The third-order valence-electron chi connectivity index (χ3n) is 3.22. The maximum absolute atomic E-state index is 6.00. The molecular weight excluding hydrogens is 220 g/mol. The average molecular weight is 252 g/mol. The molecule has 106 valence electrons. The van der Waals surface area contributed by atoms with Crippen LogP contribution in [0.4, 0.5) is 0 Å². The second kappa shape index (κ2) is 7.63. The molecule has 18 heavy (non-hydrogen) atoms. The van der Waals surface area contributed by atoms with Gasteiger partial charge in [0.05, 0.1) is 0 Å². The normalized spacial score (nSPS) is 15.5. The zero-order chi connectivity index (χ0) is 14.3. The number of hydrogen-bond acceptors (Lipinski definition) is 2. The molecule has 0 radical (unpaired) electrons. The van der Waals surface area contributed by atoms with Crippen molar-refractivity contribution in [3.63, 3.8) is 0 Å². The summed E-state index contributed by atoms with van der Waals surface area (Å²) in [6.45, 7) is 16.5. The van der Waals surface area contributed by atoms with Gasteiger partial charge in [-0.1, -0.05) is 53.2 Å². The van der Waals surface area contributed by atoms with Gasteiger partial charge < -0.3 is 5.01 Å². The third kappa shape index (κ3) is 8.35. The lowest BCUT2D eigenvalue weighted by Gasteiger charge is -2.23. The number of hydrogen-bond donors (Lipinski definition) is 1. The summed E-state index contributed by atoms with van der Waals surface area (Å²) in [5, 5.41) is 1.80. The van der Waals surface area contributed by atoms with E-state index in [1.54, 1.807) is 5.01 Å². The highest BCUT2D eigenvalue weighted by Crippen LogP contribution is 2.24. The average Bonchev–Trinajstić information content (AvgIpc) is 2.22. The van der Waals surface area contributed by atoms with Crippen LogP contribution in [-0.2, 0) is 0 Å². The summed E-state index contributed by atoms with van der Waals surface area (Å²) >= 11 is 0. The molecule has 0 aliphatic rings. The molecule has 0 spiro atoms. The molecule has 1 unspecified atom stereocenters. The molecular formula is C16H32N2. The van der Waals surface area contributed by atoms with Crippen LogP contribution in [-0.4, -0.2) is 11.6 Å². The molecule has 0 saturated heterocycles. The minimum Gasteiger partial charge on any atom is -0.318 e. The van der Waals surface area contributed by atoms with E-state index in [1.165, 1.54) is 5.57 Å². The summed E-state index contributed by atoms with van der Waals surface area (Å²) in [5.74, 6) is 7.27. The van der Waals surface area contributed by atoms with E-state index in [0.717, 1.165) is 13.0 Å². The fraction of sp³-hybridized carbons (Fsp3) is 0.750. The number of nitrogens with two attached hydrogens (primary N) is 1. The Labute approximate surface area is 114 Å². The Balaban J connectivity index is 4.35. The molecule has 0 aromatic heterocycles. The molecule has 0 aliphatic heterocycles. The van der Waals surface area contributed by atoms with Gasteiger partial charge >= 0.3 is 0 Å². The van der Waals surface area contributed by atoms with Crippen LogP contribution in [0.5, 0.6) is 0 Å². The van der Waals surface area contributed by atoms with Crippen LogP contribution in [0.2, 0.25) is 0 Å². The standard InChI is InChI=1S/C16H32N2/c1-8-15(11-16(5,6)7)9-10-18(17)12-14(4)13(2)3/h8-10,13-14H,11-12,17H2,1-7H3/b10-9-,15-8+. The Hall–Kier alpha value is -0.760. The Morgan fingerprint density at radius 3 is 2.17 bits per heavy atom. The first-order valence-electron chi connectivity index (χ1n) is 7.00. The fourth-order valence-electron chi connectivity index (χ4n) is 1.67. The molecule has 0 rings (SSSR count). The second-order valence-corrected chi connectivity index (χ2v) is 6.83. The van der Waals surface area contributed by atoms with Gasteiger partial charge in [-0.25, -0.2) is 5.84 Å². The zero-order valence-corrected chi connectivity index (χ0v) is 13.3. The number of rotatable bonds is 6. The van der Waals surface area contributed by atoms with Gasteiger partial charge in [-0.05, 0) is 36.7 Å². The first-order valence-corrected chi connectivity index (χ1v) is 7.00. The van der Waals surface area contributed by atoms with Crippen LogP contribution in [0.1, 0.15) is 54.9 Å². The van der Waals surface area contributed by atoms with Gasteiger partial charge in [-0.2, -0.15) is 0 Å². The number of allylic oxidation sites excluding steroid dienone is 3. The summed E-state index contributed by atoms with van der Waals surface area (Å²) < 4.78 is 0. The van der Waals surface area contributed by atoms with Crippen molar-refractivity contribution in [3.05, 3.63) is 23.9 Å². The van der Waals surface area contributed by atoms with Gasteiger partial charge in [0.1, 0.15) is 0 Å². The fourth-order valence-corrected chi connectivity index (χ4v) is 1.67. The lowest BCUT2D eigenvalue weighted by atomic mass is 9.88. The minimum atomic E-state index is 0.316. The molecule has 2 N–H and O–H groups in total. The zero-order valence-electron chi connectivity index (χ0n) is 13.3. The molecule has 2 nitrogen and oxygen atoms in total. The van der Waals surface area contributed by atoms with E-state index < -0.39 is 0 Å². The molecule has 2 heteroatoms. The Morgan fingerprint density at radius 1 is 1.22 bits per heavy atom. The molecule has 0 saturated carbocycles. The summed E-state index contributed by atoms with van der Waals surface area (Å²) in [7, 11) is 0. The molecule has 1 atom stereocenters. The lowest BCUT2D eigenvalue weighted by molar-refractivity contribution is 0.280. The highest BCUT2D eigenvalue weighted by Gasteiger charge is 2.12. The molecule has 0 amide bonds. The van der Waals surface area contributed by atoms with E-state index in [4.69, 9.17) is 5.84 Å². The van der Waals surface area contributed by atoms with E-state index in [-0.39, 0.29) is 0 Å². The van der Waals surface area contributed by atoms with Gasteiger partial charge in [0, 0.05) is 12.7 Å². The van der Waals surface area contributed by atoms with Crippen molar-refractivity contribution >= 4 is 0 Å². The Bertz CT molecular complexity index is 282. The monoisotopic (exact) mass is 252 g/mol. The van der Waals surface area contributed by atoms with Crippen LogP contribution in [0, 0.1) is 17.3 Å². The molecule has 0 bridgehead atoms. The Morgan fingerprint density at radius 2 is 1.78 bits per heavy atom.